The molecule has 0 saturated heterocycles. The number of anilines is 1. The maximum atomic E-state index is 13.9. The van der Waals surface area contributed by atoms with E-state index in [1.165, 1.54) is 12.1 Å². The third kappa shape index (κ3) is 4.09. The summed E-state index contributed by atoms with van der Waals surface area (Å²) in [4.78, 5) is 17.1. The zero-order valence-electron chi connectivity index (χ0n) is 15.4. The second-order valence-corrected chi connectivity index (χ2v) is 7.37. The van der Waals surface area contributed by atoms with Gasteiger partial charge in [0.25, 0.3) is 5.91 Å². The Morgan fingerprint density at radius 3 is 2.52 bits per heavy atom. The Morgan fingerprint density at radius 2 is 1.79 bits per heavy atom. The van der Waals surface area contributed by atoms with Gasteiger partial charge in [0, 0.05) is 10.0 Å². The van der Waals surface area contributed by atoms with Crippen molar-refractivity contribution in [1.29, 1.82) is 0 Å². The van der Waals surface area contributed by atoms with Gasteiger partial charge in [0.15, 0.2) is 5.82 Å². The van der Waals surface area contributed by atoms with Crippen LogP contribution in [0.2, 0.25) is 0 Å². The minimum absolute atomic E-state index is 0.0484. The van der Waals surface area contributed by atoms with Crippen LogP contribution in [0.25, 0.3) is 17.1 Å². The highest BCUT2D eigenvalue weighted by Gasteiger charge is 2.20. The minimum Gasteiger partial charge on any atom is -0.317 e. The molecule has 0 fully saturated rings. The lowest BCUT2D eigenvalue weighted by Crippen LogP contribution is -2.15. The highest BCUT2D eigenvalue weighted by atomic mass is 79.9. The third-order valence-electron chi connectivity index (χ3n) is 4.28. The van der Waals surface area contributed by atoms with Crippen molar-refractivity contribution in [2.45, 2.75) is 6.92 Å². The molecule has 0 bridgehead atoms. The van der Waals surface area contributed by atoms with Gasteiger partial charge in [0.05, 0.1) is 11.4 Å². The Morgan fingerprint density at radius 1 is 1.03 bits per heavy atom. The number of benzene rings is 3. The first-order chi connectivity index (χ1) is 14.0. The molecule has 0 atom stereocenters. The molecule has 4 aromatic rings. The normalized spacial score (nSPS) is 10.7. The molecule has 1 amide bonds. The number of nitrogens with zero attached hydrogens (tertiary/aromatic N) is 3. The van der Waals surface area contributed by atoms with E-state index in [0.717, 1.165) is 21.3 Å². The number of carbonyl (C=O) groups is 1. The minimum atomic E-state index is -0.583. The maximum absolute atomic E-state index is 13.9. The van der Waals surface area contributed by atoms with Crippen molar-refractivity contribution in [3.05, 3.63) is 94.5 Å². The van der Waals surface area contributed by atoms with Crippen LogP contribution in [0.15, 0.2) is 77.3 Å². The van der Waals surface area contributed by atoms with E-state index in [2.05, 4.69) is 31.3 Å². The van der Waals surface area contributed by atoms with Gasteiger partial charge in [-0.05, 0) is 49.4 Å². The number of para-hydroxylation sites is 1. The summed E-state index contributed by atoms with van der Waals surface area (Å²) in [7, 11) is 0. The summed E-state index contributed by atoms with van der Waals surface area (Å²) >= 11 is 3.42. The second kappa shape index (κ2) is 7.97. The molecule has 4 rings (SSSR count). The highest BCUT2D eigenvalue weighted by Crippen LogP contribution is 2.24. The van der Waals surface area contributed by atoms with Gasteiger partial charge in [-0.15, -0.1) is 5.10 Å². The molecule has 0 spiro atoms. The van der Waals surface area contributed by atoms with Crippen molar-refractivity contribution < 1.29 is 9.18 Å². The summed E-state index contributed by atoms with van der Waals surface area (Å²) in [5.41, 5.74) is 2.72. The van der Waals surface area contributed by atoms with E-state index >= 15 is 0 Å². The standard InChI is InChI=1S/C22H16BrFN4O/c1-14-5-4-6-15(13-14)21-26-20(22(29)25-19-8-3-2-7-18(19)24)27-28(21)17-11-9-16(23)10-12-17/h2-13H,1H3,(H,25,29). The summed E-state index contributed by atoms with van der Waals surface area (Å²) in [6.07, 6.45) is 0. The van der Waals surface area contributed by atoms with Crippen molar-refractivity contribution >= 4 is 27.5 Å². The summed E-state index contributed by atoms with van der Waals surface area (Å²) in [6.45, 7) is 1.98. The fraction of sp³-hybridized carbons (Fsp3) is 0.0455. The molecule has 29 heavy (non-hydrogen) atoms. The second-order valence-electron chi connectivity index (χ2n) is 6.45. The molecule has 7 heteroatoms. The van der Waals surface area contributed by atoms with Crippen LogP contribution in [0.5, 0.6) is 0 Å². The number of hydrogen-bond acceptors (Lipinski definition) is 3. The fourth-order valence-electron chi connectivity index (χ4n) is 2.88. The van der Waals surface area contributed by atoms with Gasteiger partial charge in [-0.25, -0.2) is 14.1 Å². The van der Waals surface area contributed by atoms with E-state index in [0.29, 0.717) is 5.82 Å². The number of amides is 1. The first-order valence-electron chi connectivity index (χ1n) is 8.87. The van der Waals surface area contributed by atoms with Crippen molar-refractivity contribution in [3.8, 4) is 17.1 Å². The van der Waals surface area contributed by atoms with Crippen molar-refractivity contribution in [2.24, 2.45) is 0 Å². The molecular formula is C22H16BrFN4O. The first kappa shape index (κ1) is 19.0. The van der Waals surface area contributed by atoms with Crippen LogP contribution in [0.3, 0.4) is 0 Å². The largest absolute Gasteiger partial charge is 0.317 e. The van der Waals surface area contributed by atoms with Crippen LogP contribution in [0, 0.1) is 12.7 Å². The number of aromatic nitrogens is 3. The average molecular weight is 451 g/mol. The summed E-state index contributed by atoms with van der Waals surface area (Å²) < 4.78 is 16.4. The van der Waals surface area contributed by atoms with Crippen LogP contribution in [0.4, 0.5) is 10.1 Å². The molecular weight excluding hydrogens is 435 g/mol. The van der Waals surface area contributed by atoms with Crippen LogP contribution in [0.1, 0.15) is 16.2 Å². The molecule has 5 nitrogen and oxygen atoms in total. The van der Waals surface area contributed by atoms with E-state index < -0.39 is 11.7 Å². The van der Waals surface area contributed by atoms with Crippen molar-refractivity contribution in [3.63, 3.8) is 0 Å². The van der Waals surface area contributed by atoms with Gasteiger partial charge in [0.1, 0.15) is 5.82 Å². The molecule has 0 aliphatic rings. The molecule has 0 saturated carbocycles. The smallest absolute Gasteiger partial charge is 0.295 e. The topological polar surface area (TPSA) is 59.8 Å². The maximum Gasteiger partial charge on any atom is 0.295 e. The summed E-state index contributed by atoms with van der Waals surface area (Å²) in [5.74, 6) is -0.630. The third-order valence-corrected chi connectivity index (χ3v) is 4.81. The molecule has 0 aliphatic heterocycles. The Hall–Kier alpha value is -3.32. The molecule has 0 radical (unpaired) electrons. The van der Waals surface area contributed by atoms with Gasteiger partial charge in [0.2, 0.25) is 5.82 Å². The monoisotopic (exact) mass is 450 g/mol. The number of nitrogens with one attached hydrogen (secondary N) is 1. The number of carbonyl (C=O) groups excluding carboxylic acids is 1. The summed E-state index contributed by atoms with van der Waals surface area (Å²) in [5, 5.41) is 6.93. The number of rotatable bonds is 4. The lowest BCUT2D eigenvalue weighted by atomic mass is 10.1. The molecule has 1 N–H and O–H groups in total. The quantitative estimate of drug-likeness (QED) is 0.452. The predicted molar refractivity (Wildman–Crippen MR) is 114 cm³/mol. The lowest BCUT2D eigenvalue weighted by Gasteiger charge is -2.06. The van der Waals surface area contributed by atoms with Crippen LogP contribution >= 0.6 is 15.9 Å². The van der Waals surface area contributed by atoms with Crippen LogP contribution in [-0.4, -0.2) is 20.7 Å². The molecule has 144 valence electrons. The Labute approximate surface area is 175 Å². The Balaban J connectivity index is 1.78. The SMILES string of the molecule is Cc1cccc(-c2nc(C(=O)Nc3ccccc3F)nn2-c2ccc(Br)cc2)c1. The predicted octanol–water partition coefficient (Wildman–Crippen LogP) is 5.40. The zero-order valence-corrected chi connectivity index (χ0v) is 17.0. The van der Waals surface area contributed by atoms with Gasteiger partial charge in [-0.2, -0.15) is 0 Å². The van der Waals surface area contributed by atoms with Crippen LogP contribution in [-0.2, 0) is 0 Å². The highest BCUT2D eigenvalue weighted by molar-refractivity contribution is 9.10. The van der Waals surface area contributed by atoms with E-state index in [9.17, 15) is 9.18 Å². The first-order valence-corrected chi connectivity index (χ1v) is 9.66. The van der Waals surface area contributed by atoms with Gasteiger partial charge in [-0.3, -0.25) is 4.79 Å². The number of aryl methyl sites for hydroxylation is 1. The summed E-state index contributed by atoms with van der Waals surface area (Å²) in [6, 6.07) is 21.3. The zero-order chi connectivity index (χ0) is 20.4. The molecule has 0 unspecified atom stereocenters. The van der Waals surface area contributed by atoms with E-state index in [4.69, 9.17) is 0 Å². The van der Waals surface area contributed by atoms with Gasteiger partial charge in [-0.1, -0.05) is 51.8 Å². The van der Waals surface area contributed by atoms with Crippen LogP contribution < -0.4 is 5.32 Å². The van der Waals surface area contributed by atoms with Crippen molar-refractivity contribution in [2.75, 3.05) is 5.32 Å². The number of halogens is 2. The molecule has 1 aromatic heterocycles. The van der Waals surface area contributed by atoms with Gasteiger partial charge >= 0.3 is 0 Å². The Bertz CT molecular complexity index is 1190. The average Bonchev–Trinajstić information content (AvgIpc) is 3.16. The fourth-order valence-corrected chi connectivity index (χ4v) is 3.15. The van der Waals surface area contributed by atoms with E-state index in [-0.39, 0.29) is 11.5 Å². The van der Waals surface area contributed by atoms with Crippen molar-refractivity contribution in [1.82, 2.24) is 14.8 Å². The van der Waals surface area contributed by atoms with E-state index in [1.54, 1.807) is 16.8 Å². The molecule has 0 aliphatic carbocycles. The van der Waals surface area contributed by atoms with E-state index in [1.807, 2.05) is 55.5 Å². The lowest BCUT2D eigenvalue weighted by molar-refractivity contribution is 0.101. The van der Waals surface area contributed by atoms with Gasteiger partial charge < -0.3 is 5.32 Å². The number of hydrogen-bond donors (Lipinski definition) is 1. The molecule has 1 heterocycles. The Kier molecular flexibility index (Phi) is 5.22. The molecule has 3 aromatic carbocycles.